The van der Waals surface area contributed by atoms with Crippen LogP contribution in [0, 0.1) is 0 Å². The van der Waals surface area contributed by atoms with Gasteiger partial charge in [0.1, 0.15) is 5.52 Å². The lowest BCUT2D eigenvalue weighted by Crippen LogP contribution is -2.15. The van der Waals surface area contributed by atoms with Gasteiger partial charge in [0.25, 0.3) is 0 Å². The molecule has 0 saturated heterocycles. The van der Waals surface area contributed by atoms with Crippen molar-refractivity contribution in [3.05, 3.63) is 169 Å². The number of oxazole rings is 1. The van der Waals surface area contributed by atoms with Crippen molar-refractivity contribution in [2.75, 3.05) is 4.90 Å². The molecule has 0 aliphatic heterocycles. The summed E-state index contributed by atoms with van der Waals surface area (Å²) in [4.78, 5) is 7.24. The highest BCUT2D eigenvalue weighted by atomic mass is 32.1. The number of aromatic nitrogens is 1. The summed E-state index contributed by atoms with van der Waals surface area (Å²) < 4.78 is 8.76. The molecule has 50 heavy (non-hydrogen) atoms. The van der Waals surface area contributed by atoms with Crippen LogP contribution in [-0.2, 0) is 5.41 Å². The van der Waals surface area contributed by atoms with Crippen LogP contribution < -0.4 is 4.90 Å². The number of nitrogens with zero attached hydrogens (tertiary/aromatic N) is 2. The minimum atomic E-state index is -0.0481. The van der Waals surface area contributed by atoms with E-state index in [1.807, 2.05) is 30.3 Å². The van der Waals surface area contributed by atoms with Gasteiger partial charge in [0.05, 0.1) is 0 Å². The van der Waals surface area contributed by atoms with E-state index in [4.69, 9.17) is 9.40 Å². The molecule has 1 aliphatic carbocycles. The topological polar surface area (TPSA) is 29.3 Å². The molecule has 0 amide bonds. The maximum atomic E-state index is 6.32. The third-order valence-corrected chi connectivity index (χ3v) is 11.4. The first-order chi connectivity index (χ1) is 24.5. The number of thiophene rings is 1. The molecule has 0 N–H and O–H groups in total. The summed E-state index contributed by atoms with van der Waals surface area (Å²) in [6.45, 7) is 4.67. The Kier molecular flexibility index (Phi) is 6.39. The van der Waals surface area contributed by atoms with Crippen molar-refractivity contribution in [2.24, 2.45) is 0 Å². The molecule has 0 radical (unpaired) electrons. The zero-order valence-electron chi connectivity index (χ0n) is 27.7. The van der Waals surface area contributed by atoms with Gasteiger partial charge in [0.2, 0.25) is 5.89 Å². The molecule has 238 valence electrons. The quantitative estimate of drug-likeness (QED) is 0.184. The molecule has 9 aromatic rings. The highest BCUT2D eigenvalue weighted by molar-refractivity contribution is 7.25. The number of hydrogen-bond acceptors (Lipinski definition) is 4. The fourth-order valence-corrected chi connectivity index (χ4v) is 8.86. The fraction of sp³-hybridized carbons (Fsp3) is 0.0652. The van der Waals surface area contributed by atoms with E-state index in [0.29, 0.717) is 5.89 Å². The minimum absolute atomic E-state index is 0.0481. The molecule has 0 bridgehead atoms. The van der Waals surface area contributed by atoms with Gasteiger partial charge in [-0.3, -0.25) is 0 Å². The third-order valence-electron chi connectivity index (χ3n) is 10.3. The van der Waals surface area contributed by atoms with Crippen LogP contribution >= 0.6 is 11.3 Å². The van der Waals surface area contributed by atoms with Gasteiger partial charge in [0, 0.05) is 48.2 Å². The second kappa shape index (κ2) is 11.0. The van der Waals surface area contributed by atoms with E-state index in [9.17, 15) is 0 Å². The Balaban J connectivity index is 1.14. The van der Waals surface area contributed by atoms with Gasteiger partial charge >= 0.3 is 0 Å². The number of fused-ring (bicyclic) bond motifs is 7. The van der Waals surface area contributed by atoms with E-state index in [-0.39, 0.29) is 5.41 Å². The van der Waals surface area contributed by atoms with Crippen molar-refractivity contribution in [3.8, 4) is 33.7 Å². The number of benzene rings is 7. The highest BCUT2D eigenvalue weighted by Gasteiger charge is 2.35. The molecule has 0 unspecified atom stereocenters. The number of anilines is 3. The van der Waals surface area contributed by atoms with Crippen LogP contribution in [0.5, 0.6) is 0 Å². The molecule has 7 aromatic carbocycles. The second-order valence-electron chi connectivity index (χ2n) is 13.6. The number of hydrogen-bond donors (Lipinski definition) is 0. The largest absolute Gasteiger partial charge is 0.436 e. The molecular formula is C46H32N2OS. The van der Waals surface area contributed by atoms with Crippen LogP contribution in [0.2, 0.25) is 0 Å². The predicted octanol–water partition coefficient (Wildman–Crippen LogP) is 13.3. The number of rotatable bonds is 5. The van der Waals surface area contributed by atoms with Crippen molar-refractivity contribution in [3.63, 3.8) is 0 Å². The first-order valence-corrected chi connectivity index (χ1v) is 17.9. The van der Waals surface area contributed by atoms with E-state index in [2.05, 4.69) is 146 Å². The maximum Gasteiger partial charge on any atom is 0.227 e. The third kappa shape index (κ3) is 4.53. The Morgan fingerprint density at radius 1 is 0.520 bits per heavy atom. The lowest BCUT2D eigenvalue weighted by Gasteiger charge is -2.27. The van der Waals surface area contributed by atoms with Crippen LogP contribution in [0.4, 0.5) is 17.1 Å². The van der Waals surface area contributed by atoms with E-state index in [0.717, 1.165) is 33.7 Å². The first kappa shape index (κ1) is 29.0. The second-order valence-corrected chi connectivity index (χ2v) is 14.7. The molecule has 1 aliphatic rings. The molecule has 0 atom stereocenters. The Labute approximate surface area is 294 Å². The van der Waals surface area contributed by atoms with E-state index in [1.165, 1.54) is 53.6 Å². The van der Waals surface area contributed by atoms with Crippen LogP contribution in [-0.4, -0.2) is 4.98 Å². The maximum absolute atomic E-state index is 6.32. The monoisotopic (exact) mass is 660 g/mol. The van der Waals surface area contributed by atoms with E-state index < -0.39 is 0 Å². The van der Waals surface area contributed by atoms with Crippen molar-refractivity contribution < 1.29 is 4.42 Å². The van der Waals surface area contributed by atoms with Crippen LogP contribution in [0.15, 0.2) is 162 Å². The predicted molar refractivity (Wildman–Crippen MR) is 210 cm³/mol. The lowest BCUT2D eigenvalue weighted by atomic mass is 9.82. The summed E-state index contributed by atoms with van der Waals surface area (Å²) in [5, 5.41) is 2.39. The zero-order valence-corrected chi connectivity index (χ0v) is 28.5. The van der Waals surface area contributed by atoms with Gasteiger partial charge in [0.15, 0.2) is 5.58 Å². The average Bonchev–Trinajstić information content (AvgIpc) is 3.81. The molecular weight excluding hydrogens is 629 g/mol. The zero-order chi connectivity index (χ0) is 33.4. The van der Waals surface area contributed by atoms with Gasteiger partial charge in [-0.25, -0.2) is 4.98 Å². The summed E-state index contributed by atoms with van der Waals surface area (Å²) in [6, 6.07) is 56.7. The van der Waals surface area contributed by atoms with E-state index >= 15 is 0 Å². The molecule has 2 heterocycles. The molecule has 3 nitrogen and oxygen atoms in total. The standard InChI is InChI=1S/C46H32N2OS/c1-46(2)39-16-10-9-15-35(39)36-25-33(21-23-40(36)46)48(32-19-17-30(18-20-32)29-11-5-3-6-12-29)34-22-24-43-37(26-34)38-27-42-41(28-44(38)50-43)47-45(49-42)31-13-7-4-8-14-31/h3-28H,1-2H3. The smallest absolute Gasteiger partial charge is 0.227 e. The molecule has 2 aromatic heterocycles. The Morgan fingerprint density at radius 2 is 1.14 bits per heavy atom. The average molecular weight is 661 g/mol. The van der Waals surface area contributed by atoms with Crippen molar-refractivity contribution in [1.29, 1.82) is 0 Å². The molecule has 0 saturated carbocycles. The molecule has 0 spiro atoms. The Morgan fingerprint density at radius 3 is 1.94 bits per heavy atom. The van der Waals surface area contributed by atoms with Crippen molar-refractivity contribution in [1.82, 2.24) is 4.98 Å². The van der Waals surface area contributed by atoms with E-state index in [1.54, 1.807) is 11.3 Å². The summed E-state index contributed by atoms with van der Waals surface area (Å²) in [5.41, 5.74) is 13.7. The van der Waals surface area contributed by atoms with Gasteiger partial charge in [-0.15, -0.1) is 11.3 Å². The summed E-state index contributed by atoms with van der Waals surface area (Å²) in [6.07, 6.45) is 0. The first-order valence-electron chi connectivity index (χ1n) is 17.0. The molecule has 4 heteroatoms. The highest BCUT2D eigenvalue weighted by Crippen LogP contribution is 2.51. The normalized spacial score (nSPS) is 13.2. The van der Waals surface area contributed by atoms with Crippen LogP contribution in [0.25, 0.3) is 65.0 Å². The molecule has 0 fully saturated rings. The SMILES string of the molecule is CC1(C)c2ccccc2-c2cc(N(c3ccc(-c4ccccc4)cc3)c3ccc4sc5cc6nc(-c7ccccc7)oc6cc5c4c3)ccc21. The summed E-state index contributed by atoms with van der Waals surface area (Å²) in [7, 11) is 0. The summed E-state index contributed by atoms with van der Waals surface area (Å²) >= 11 is 1.80. The van der Waals surface area contributed by atoms with Gasteiger partial charge in [-0.2, -0.15) is 0 Å². The molecule has 10 rings (SSSR count). The summed E-state index contributed by atoms with van der Waals surface area (Å²) in [5.74, 6) is 0.648. The van der Waals surface area contributed by atoms with Crippen molar-refractivity contribution >= 4 is 59.7 Å². The van der Waals surface area contributed by atoms with Crippen LogP contribution in [0.1, 0.15) is 25.0 Å². The fourth-order valence-electron chi connectivity index (χ4n) is 7.76. The van der Waals surface area contributed by atoms with Gasteiger partial charge < -0.3 is 9.32 Å². The Hall–Kier alpha value is -5.97. The van der Waals surface area contributed by atoms with Crippen LogP contribution in [0.3, 0.4) is 0 Å². The van der Waals surface area contributed by atoms with Crippen molar-refractivity contribution in [2.45, 2.75) is 19.3 Å². The lowest BCUT2D eigenvalue weighted by molar-refractivity contribution is 0.620. The Bertz CT molecular complexity index is 2720. The van der Waals surface area contributed by atoms with Gasteiger partial charge in [-0.05, 0) is 100 Å². The van der Waals surface area contributed by atoms with Gasteiger partial charge in [-0.1, -0.05) is 105 Å². The minimum Gasteiger partial charge on any atom is -0.436 e.